The Hall–Kier alpha value is -1.62. The molecule has 0 atom stereocenters. The molecule has 6 nitrogen and oxygen atoms in total. The lowest BCUT2D eigenvalue weighted by molar-refractivity contribution is -0.0505. The van der Waals surface area contributed by atoms with Crippen LogP contribution in [0.5, 0.6) is 11.5 Å². The highest BCUT2D eigenvalue weighted by Crippen LogP contribution is 2.26. The fourth-order valence-corrected chi connectivity index (χ4v) is 3.38. The van der Waals surface area contributed by atoms with Crippen LogP contribution in [0.4, 0.5) is 8.78 Å². The van der Waals surface area contributed by atoms with Crippen LogP contribution < -0.4 is 20.1 Å². The Labute approximate surface area is 201 Å². The topological polar surface area (TPSA) is 58.1 Å². The van der Waals surface area contributed by atoms with Crippen LogP contribution in [0.25, 0.3) is 0 Å². The van der Waals surface area contributed by atoms with E-state index < -0.39 is 6.61 Å². The van der Waals surface area contributed by atoms with Crippen LogP contribution >= 0.6 is 24.0 Å². The molecular weight excluding hydrogens is 517 g/mol. The highest BCUT2D eigenvalue weighted by atomic mass is 127. The van der Waals surface area contributed by atoms with E-state index in [0.717, 1.165) is 38.9 Å². The summed E-state index contributed by atoms with van der Waals surface area (Å²) >= 11 is 0. The first-order chi connectivity index (χ1) is 14.4. The van der Waals surface area contributed by atoms with Gasteiger partial charge in [-0.05, 0) is 38.3 Å². The van der Waals surface area contributed by atoms with Crippen molar-refractivity contribution in [1.29, 1.82) is 0 Å². The minimum atomic E-state index is -2.90. The van der Waals surface area contributed by atoms with Crippen LogP contribution in [-0.4, -0.2) is 56.8 Å². The summed E-state index contributed by atoms with van der Waals surface area (Å²) in [5.74, 6) is 1.26. The minimum absolute atomic E-state index is 0. The summed E-state index contributed by atoms with van der Waals surface area (Å²) in [7, 11) is 1.70. The number of nitrogens with one attached hydrogen (secondary N) is 2. The van der Waals surface area contributed by atoms with Crippen molar-refractivity contribution in [2.45, 2.75) is 52.3 Å². The average molecular weight is 552 g/mol. The molecule has 0 aromatic heterocycles. The number of alkyl halides is 2. The maximum absolute atomic E-state index is 12.8. The molecule has 2 N–H and O–H groups in total. The number of benzene rings is 1. The highest BCUT2D eigenvalue weighted by molar-refractivity contribution is 14.0. The van der Waals surface area contributed by atoms with Crippen molar-refractivity contribution in [2.75, 3.05) is 33.3 Å². The van der Waals surface area contributed by atoms with Crippen LogP contribution in [-0.2, 0) is 6.54 Å². The first-order valence-electron chi connectivity index (χ1n) is 10.5. The van der Waals surface area contributed by atoms with Crippen LogP contribution in [0.1, 0.15) is 38.7 Å². The van der Waals surface area contributed by atoms with Gasteiger partial charge in [-0.25, -0.2) is 0 Å². The monoisotopic (exact) mass is 552 g/mol. The quantitative estimate of drug-likeness (QED) is 0.195. The molecule has 1 aromatic rings. The van der Waals surface area contributed by atoms with Gasteiger partial charge in [0.05, 0.1) is 6.61 Å². The molecule has 1 aromatic carbocycles. The molecule has 1 aliphatic heterocycles. The maximum Gasteiger partial charge on any atom is 0.387 e. The van der Waals surface area contributed by atoms with Gasteiger partial charge in [0.2, 0.25) is 0 Å². The Morgan fingerprint density at radius 3 is 2.61 bits per heavy atom. The summed E-state index contributed by atoms with van der Waals surface area (Å²) in [6.45, 7) is 8.89. The summed E-state index contributed by atoms with van der Waals surface area (Å²) in [6, 6.07) is 5.32. The first-order valence-corrected chi connectivity index (χ1v) is 10.5. The van der Waals surface area contributed by atoms with Crippen molar-refractivity contribution in [1.82, 2.24) is 15.5 Å². The summed E-state index contributed by atoms with van der Waals surface area (Å²) < 4.78 is 35.9. The smallest absolute Gasteiger partial charge is 0.387 e. The largest absolute Gasteiger partial charge is 0.493 e. The third kappa shape index (κ3) is 10.0. The standard InChI is InChI=1S/C22H34F2N4O2.HI/c1-5-12-29-19-7-6-17(20(13-19)30-21(23)24)14-26-22(25-4)27-18-8-10-28(11-9-18)15-16(2)3;/h6-7,13,18,21H,2,5,8-12,14-15H2,1,3-4H3,(H2,25,26,27);1H. The zero-order valence-corrected chi connectivity index (χ0v) is 21.0. The SMILES string of the molecule is C=C(C)CN1CCC(NC(=NC)NCc2ccc(OCCC)cc2OC(F)F)CC1.I. The van der Waals surface area contributed by atoms with Gasteiger partial charge in [0, 0.05) is 50.9 Å². The number of likely N-dealkylation sites (tertiary alicyclic amines) is 1. The van der Waals surface area contributed by atoms with E-state index >= 15 is 0 Å². The molecule has 0 spiro atoms. The molecule has 0 unspecified atom stereocenters. The van der Waals surface area contributed by atoms with E-state index in [0.29, 0.717) is 36.5 Å². The highest BCUT2D eigenvalue weighted by Gasteiger charge is 2.20. The van der Waals surface area contributed by atoms with Gasteiger partial charge in [-0.15, -0.1) is 24.0 Å². The van der Waals surface area contributed by atoms with E-state index in [-0.39, 0.29) is 29.7 Å². The first kappa shape index (κ1) is 27.4. The molecule has 0 saturated carbocycles. The van der Waals surface area contributed by atoms with Gasteiger partial charge < -0.3 is 20.1 Å². The lowest BCUT2D eigenvalue weighted by Crippen LogP contribution is -2.48. The molecule has 1 heterocycles. The van der Waals surface area contributed by atoms with E-state index in [1.165, 1.54) is 11.6 Å². The number of ether oxygens (including phenoxy) is 2. The molecule has 0 amide bonds. The number of hydrogen-bond donors (Lipinski definition) is 2. The molecule has 0 aliphatic carbocycles. The predicted molar refractivity (Wildman–Crippen MR) is 132 cm³/mol. The lowest BCUT2D eigenvalue weighted by Gasteiger charge is -2.33. The summed E-state index contributed by atoms with van der Waals surface area (Å²) in [5.41, 5.74) is 1.78. The average Bonchev–Trinajstić information content (AvgIpc) is 2.71. The predicted octanol–water partition coefficient (Wildman–Crippen LogP) is 4.40. The normalized spacial score (nSPS) is 15.4. The molecule has 2 rings (SSSR count). The van der Waals surface area contributed by atoms with Crippen LogP contribution in [0.3, 0.4) is 0 Å². The van der Waals surface area contributed by atoms with Gasteiger partial charge in [0.25, 0.3) is 0 Å². The second-order valence-electron chi connectivity index (χ2n) is 7.57. The van der Waals surface area contributed by atoms with Crippen LogP contribution in [0.2, 0.25) is 0 Å². The Kier molecular flexibility index (Phi) is 12.8. The third-order valence-corrected chi connectivity index (χ3v) is 4.82. The molecule has 0 radical (unpaired) electrons. The number of piperidine rings is 1. The van der Waals surface area contributed by atoms with Gasteiger partial charge in [-0.1, -0.05) is 19.1 Å². The molecule has 1 saturated heterocycles. The molecule has 1 aliphatic rings. The van der Waals surface area contributed by atoms with Gasteiger partial charge in [0.1, 0.15) is 11.5 Å². The summed E-state index contributed by atoms with van der Waals surface area (Å²) in [6.07, 6.45) is 2.86. The number of rotatable bonds is 10. The van der Waals surface area contributed by atoms with Gasteiger partial charge in [-0.2, -0.15) is 8.78 Å². The zero-order valence-electron chi connectivity index (χ0n) is 18.6. The fraction of sp³-hybridized carbons (Fsp3) is 0.591. The Morgan fingerprint density at radius 2 is 2.03 bits per heavy atom. The van der Waals surface area contributed by atoms with Crippen LogP contribution in [0.15, 0.2) is 35.3 Å². The number of aliphatic imine (C=N–C) groups is 1. The van der Waals surface area contributed by atoms with Crippen LogP contribution in [0, 0.1) is 0 Å². The number of nitrogens with zero attached hydrogens (tertiary/aromatic N) is 2. The molecule has 176 valence electrons. The summed E-state index contributed by atoms with van der Waals surface area (Å²) in [5, 5.41) is 6.62. The van der Waals surface area contributed by atoms with Crippen molar-refractivity contribution < 1.29 is 18.3 Å². The van der Waals surface area contributed by atoms with E-state index in [2.05, 4.69) is 27.1 Å². The molecular formula is C22H35F2IN4O2. The zero-order chi connectivity index (χ0) is 21.9. The second kappa shape index (κ2) is 14.4. The lowest BCUT2D eigenvalue weighted by atomic mass is 10.0. The second-order valence-corrected chi connectivity index (χ2v) is 7.57. The van der Waals surface area contributed by atoms with Gasteiger partial charge >= 0.3 is 6.61 Å². The number of halogens is 3. The molecule has 9 heteroatoms. The Morgan fingerprint density at radius 1 is 1.32 bits per heavy atom. The fourth-order valence-electron chi connectivity index (χ4n) is 3.38. The van der Waals surface area contributed by atoms with Crippen molar-refractivity contribution in [2.24, 2.45) is 4.99 Å². The van der Waals surface area contributed by atoms with Crippen molar-refractivity contribution in [3.63, 3.8) is 0 Å². The van der Waals surface area contributed by atoms with E-state index in [1.807, 2.05) is 13.8 Å². The molecule has 31 heavy (non-hydrogen) atoms. The van der Waals surface area contributed by atoms with E-state index in [4.69, 9.17) is 9.47 Å². The van der Waals surface area contributed by atoms with E-state index in [1.54, 1.807) is 19.2 Å². The molecule has 0 bridgehead atoms. The number of guanidine groups is 1. The van der Waals surface area contributed by atoms with Gasteiger partial charge in [0.15, 0.2) is 5.96 Å². The Balaban J connectivity index is 0.00000480. The summed E-state index contributed by atoms with van der Waals surface area (Å²) in [4.78, 5) is 6.66. The van der Waals surface area contributed by atoms with Gasteiger partial charge in [-0.3, -0.25) is 9.89 Å². The van der Waals surface area contributed by atoms with Crippen molar-refractivity contribution in [3.05, 3.63) is 35.9 Å². The van der Waals surface area contributed by atoms with E-state index in [9.17, 15) is 8.78 Å². The molecule has 1 fully saturated rings. The third-order valence-electron chi connectivity index (χ3n) is 4.82. The van der Waals surface area contributed by atoms with Crippen molar-refractivity contribution >= 4 is 29.9 Å². The maximum atomic E-state index is 12.8. The Bertz CT molecular complexity index is 711. The van der Waals surface area contributed by atoms with Crippen molar-refractivity contribution in [3.8, 4) is 11.5 Å². The number of hydrogen-bond acceptors (Lipinski definition) is 4. The minimum Gasteiger partial charge on any atom is -0.493 e.